The Bertz CT molecular complexity index is 546. The van der Waals surface area contributed by atoms with Crippen molar-refractivity contribution in [2.75, 3.05) is 5.75 Å². The molecule has 0 aliphatic heterocycles. The number of allylic oxidation sites excluding steroid dienone is 2. The van der Waals surface area contributed by atoms with E-state index in [0.29, 0.717) is 11.8 Å². The number of hydrogen-bond acceptors (Lipinski definition) is 3. The van der Waals surface area contributed by atoms with Crippen molar-refractivity contribution in [3.63, 3.8) is 0 Å². The van der Waals surface area contributed by atoms with Crippen LogP contribution in [0, 0.1) is 28.1 Å². The van der Waals surface area contributed by atoms with Crippen molar-refractivity contribution in [2.24, 2.45) is 28.1 Å². The molecule has 2 nitrogen and oxygen atoms in total. The highest BCUT2D eigenvalue weighted by molar-refractivity contribution is 7.80. The molecular formula is C21H34O2S. The Morgan fingerprint density at radius 1 is 1.12 bits per heavy atom. The molecule has 3 heteroatoms. The lowest BCUT2D eigenvalue weighted by atomic mass is 9.42. The molecule has 0 aromatic heterocycles. The Kier molecular flexibility index (Phi) is 4.18. The van der Waals surface area contributed by atoms with Gasteiger partial charge in [0.25, 0.3) is 0 Å². The summed E-state index contributed by atoms with van der Waals surface area (Å²) in [6.07, 6.45) is 12.1. The number of aliphatic hydroxyl groups excluding tert-OH is 2. The van der Waals surface area contributed by atoms with Crippen LogP contribution in [-0.2, 0) is 0 Å². The van der Waals surface area contributed by atoms with Gasteiger partial charge >= 0.3 is 0 Å². The Labute approximate surface area is 152 Å². The number of thiol groups is 1. The largest absolute Gasteiger partial charge is 0.393 e. The first-order valence-electron chi connectivity index (χ1n) is 10.0. The van der Waals surface area contributed by atoms with Crippen LogP contribution < -0.4 is 0 Å². The van der Waals surface area contributed by atoms with Crippen molar-refractivity contribution >= 4 is 12.6 Å². The van der Waals surface area contributed by atoms with Gasteiger partial charge in [-0.2, -0.15) is 12.6 Å². The smallest absolute Gasteiger partial charge is 0.0599 e. The lowest BCUT2D eigenvalue weighted by molar-refractivity contribution is -0.0865. The van der Waals surface area contributed by atoms with Crippen molar-refractivity contribution in [3.8, 4) is 0 Å². The Balaban J connectivity index is 1.74. The highest BCUT2D eigenvalue weighted by atomic mass is 32.1. The van der Waals surface area contributed by atoms with Crippen LogP contribution >= 0.6 is 12.6 Å². The Hall–Kier alpha value is 0.01000. The molecule has 0 amide bonds. The SMILES string of the molecule is CC12CC=C3C(CC[C@]4(CCS)CC(O)CCC34C)C1CCC2O. The molecule has 136 valence electrons. The molecule has 7 atom stereocenters. The summed E-state index contributed by atoms with van der Waals surface area (Å²) in [5.74, 6) is 2.24. The van der Waals surface area contributed by atoms with Crippen LogP contribution in [-0.4, -0.2) is 28.2 Å². The van der Waals surface area contributed by atoms with E-state index in [9.17, 15) is 10.2 Å². The first kappa shape index (κ1) is 17.4. The van der Waals surface area contributed by atoms with Gasteiger partial charge in [0, 0.05) is 5.41 Å². The second-order valence-electron chi connectivity index (χ2n) is 9.70. The molecule has 0 radical (unpaired) electrons. The normalized spacial score (nSPS) is 53.8. The predicted molar refractivity (Wildman–Crippen MR) is 101 cm³/mol. The first-order valence-corrected chi connectivity index (χ1v) is 10.7. The molecule has 3 fully saturated rings. The maximum Gasteiger partial charge on any atom is 0.0599 e. The van der Waals surface area contributed by atoms with E-state index < -0.39 is 0 Å². The number of rotatable bonds is 2. The van der Waals surface area contributed by atoms with Gasteiger partial charge < -0.3 is 10.2 Å². The van der Waals surface area contributed by atoms with E-state index in [1.54, 1.807) is 5.57 Å². The van der Waals surface area contributed by atoms with E-state index in [2.05, 4.69) is 32.6 Å². The lowest BCUT2D eigenvalue weighted by Gasteiger charge is -2.62. The minimum atomic E-state index is -0.128. The summed E-state index contributed by atoms with van der Waals surface area (Å²) in [6, 6.07) is 0. The Morgan fingerprint density at radius 2 is 1.92 bits per heavy atom. The van der Waals surface area contributed by atoms with Crippen molar-refractivity contribution in [3.05, 3.63) is 11.6 Å². The average Bonchev–Trinajstić information content (AvgIpc) is 2.84. The second-order valence-corrected chi connectivity index (χ2v) is 10.1. The van der Waals surface area contributed by atoms with Gasteiger partial charge in [-0.05, 0) is 86.2 Å². The average molecular weight is 351 g/mol. The van der Waals surface area contributed by atoms with Gasteiger partial charge in [-0.1, -0.05) is 25.5 Å². The van der Waals surface area contributed by atoms with E-state index in [1.807, 2.05) is 0 Å². The number of fused-ring (bicyclic) bond motifs is 5. The summed E-state index contributed by atoms with van der Waals surface area (Å²) in [4.78, 5) is 0. The third-order valence-electron chi connectivity index (χ3n) is 8.94. The molecule has 0 heterocycles. The minimum Gasteiger partial charge on any atom is -0.393 e. The van der Waals surface area contributed by atoms with E-state index in [0.717, 1.165) is 44.3 Å². The highest BCUT2D eigenvalue weighted by Gasteiger charge is 2.61. The third-order valence-corrected chi connectivity index (χ3v) is 9.17. The monoisotopic (exact) mass is 350 g/mol. The fraction of sp³-hybridized carbons (Fsp3) is 0.905. The molecule has 4 aliphatic rings. The maximum atomic E-state index is 10.6. The molecule has 3 saturated carbocycles. The van der Waals surface area contributed by atoms with Crippen molar-refractivity contribution in [2.45, 2.75) is 83.8 Å². The summed E-state index contributed by atoms with van der Waals surface area (Å²) >= 11 is 4.58. The van der Waals surface area contributed by atoms with Crippen molar-refractivity contribution < 1.29 is 10.2 Å². The zero-order valence-electron chi connectivity index (χ0n) is 15.3. The third kappa shape index (κ3) is 2.16. The van der Waals surface area contributed by atoms with E-state index in [4.69, 9.17) is 0 Å². The summed E-state index contributed by atoms with van der Waals surface area (Å²) < 4.78 is 0. The number of aliphatic hydroxyl groups is 2. The van der Waals surface area contributed by atoms with Gasteiger partial charge in [-0.3, -0.25) is 0 Å². The molecule has 4 rings (SSSR count). The molecule has 0 aromatic rings. The summed E-state index contributed by atoms with van der Waals surface area (Å²) in [7, 11) is 0. The topological polar surface area (TPSA) is 40.5 Å². The lowest BCUT2D eigenvalue weighted by Crippen LogP contribution is -2.55. The van der Waals surface area contributed by atoms with Crippen LogP contribution in [0.2, 0.25) is 0 Å². The summed E-state index contributed by atoms with van der Waals surface area (Å²) in [5, 5.41) is 21.0. The maximum absolute atomic E-state index is 10.6. The summed E-state index contributed by atoms with van der Waals surface area (Å²) in [5.41, 5.74) is 2.26. The van der Waals surface area contributed by atoms with Gasteiger partial charge in [0.1, 0.15) is 0 Å². The zero-order chi connectivity index (χ0) is 17.2. The fourth-order valence-electron chi connectivity index (χ4n) is 7.36. The highest BCUT2D eigenvalue weighted by Crippen LogP contribution is 2.69. The van der Waals surface area contributed by atoms with Gasteiger partial charge in [-0.15, -0.1) is 0 Å². The van der Waals surface area contributed by atoms with Gasteiger partial charge in [0.05, 0.1) is 12.2 Å². The quantitative estimate of drug-likeness (QED) is 0.511. The van der Waals surface area contributed by atoms with Crippen LogP contribution in [0.3, 0.4) is 0 Å². The molecule has 4 aliphatic carbocycles. The molecule has 0 aromatic carbocycles. The van der Waals surface area contributed by atoms with Gasteiger partial charge in [0.15, 0.2) is 0 Å². The van der Waals surface area contributed by atoms with E-state index >= 15 is 0 Å². The second kappa shape index (κ2) is 5.76. The first-order chi connectivity index (χ1) is 11.4. The molecule has 2 N–H and O–H groups in total. The zero-order valence-corrected chi connectivity index (χ0v) is 16.2. The van der Waals surface area contributed by atoms with Gasteiger partial charge in [-0.25, -0.2) is 0 Å². The minimum absolute atomic E-state index is 0.0995. The molecule has 6 unspecified atom stereocenters. The Morgan fingerprint density at radius 3 is 2.67 bits per heavy atom. The van der Waals surface area contributed by atoms with Crippen LogP contribution in [0.15, 0.2) is 11.6 Å². The van der Waals surface area contributed by atoms with E-state index in [1.165, 1.54) is 19.3 Å². The van der Waals surface area contributed by atoms with Gasteiger partial charge in [0.2, 0.25) is 0 Å². The molecule has 0 saturated heterocycles. The molecular weight excluding hydrogens is 316 g/mol. The molecule has 0 spiro atoms. The van der Waals surface area contributed by atoms with Crippen LogP contribution in [0.4, 0.5) is 0 Å². The van der Waals surface area contributed by atoms with Crippen molar-refractivity contribution in [1.82, 2.24) is 0 Å². The van der Waals surface area contributed by atoms with Crippen LogP contribution in [0.5, 0.6) is 0 Å². The van der Waals surface area contributed by atoms with E-state index in [-0.39, 0.29) is 28.5 Å². The molecule has 24 heavy (non-hydrogen) atoms. The predicted octanol–water partition coefficient (Wildman–Crippen LogP) is 4.36. The van der Waals surface area contributed by atoms with Crippen molar-refractivity contribution in [1.29, 1.82) is 0 Å². The standard InChI is InChI=1S/C21H34O2S/c1-19-8-7-17-15(16(19)3-4-18(19)23)6-10-21(11-12-24)13-14(22)5-9-20(17,21)2/h7,14-16,18,22-24H,3-6,8-13H2,1-2H3/t14?,15?,16?,18?,19?,20?,21-/m0/s1. The van der Waals surface area contributed by atoms with Crippen LogP contribution in [0.25, 0.3) is 0 Å². The fourth-order valence-corrected chi connectivity index (χ4v) is 7.79. The van der Waals surface area contributed by atoms with Crippen LogP contribution in [0.1, 0.15) is 71.6 Å². The summed E-state index contributed by atoms with van der Waals surface area (Å²) in [6.45, 7) is 4.82. The number of hydrogen-bond donors (Lipinski definition) is 3. The molecule has 0 bridgehead atoms.